The molecule has 70 valence electrons. The van der Waals surface area contributed by atoms with Crippen molar-refractivity contribution in [3.8, 4) is 6.07 Å². The third-order valence-electron chi connectivity index (χ3n) is 1.44. The van der Waals surface area contributed by atoms with Crippen LogP contribution in [0.25, 0.3) is 0 Å². The minimum absolute atomic E-state index is 0.694. The summed E-state index contributed by atoms with van der Waals surface area (Å²) in [4.78, 5) is 0. The molecule has 0 aromatic heterocycles. The first-order valence-corrected chi connectivity index (χ1v) is 4.68. The lowest BCUT2D eigenvalue weighted by atomic mass is 10.2. The average Bonchev–Trinajstić information content (AvgIpc) is 2.13. The Morgan fingerprint density at radius 3 is 2.23 bits per heavy atom. The van der Waals surface area contributed by atoms with Gasteiger partial charge in [-0.25, -0.2) is 0 Å². The monoisotopic (exact) mass is 195 g/mol. The van der Waals surface area contributed by atoms with E-state index >= 15 is 0 Å². The van der Waals surface area contributed by atoms with Gasteiger partial charge in [-0.2, -0.15) is 5.26 Å². The first-order chi connectivity index (χ1) is 6.22. The second-order valence-corrected chi connectivity index (χ2v) is 3.06. The van der Waals surface area contributed by atoms with Crippen molar-refractivity contribution >= 4 is 11.6 Å². The van der Waals surface area contributed by atoms with Crippen molar-refractivity contribution in [2.45, 2.75) is 26.7 Å². The Hall–Kier alpha value is -1.00. The zero-order valence-corrected chi connectivity index (χ0v) is 8.80. The van der Waals surface area contributed by atoms with E-state index in [1.807, 2.05) is 44.2 Å². The van der Waals surface area contributed by atoms with E-state index in [2.05, 4.69) is 0 Å². The number of nitrogens with zero attached hydrogens (tertiary/aromatic N) is 1. The maximum atomic E-state index is 7.82. The smallest absolute Gasteiger partial charge is 0.0621 e. The summed E-state index contributed by atoms with van der Waals surface area (Å²) in [5.41, 5.74) is 1.13. The highest BCUT2D eigenvalue weighted by atomic mass is 35.5. The highest BCUT2D eigenvalue weighted by molar-refractivity contribution is 6.31. The minimum Gasteiger partial charge on any atom is -0.198 e. The molecule has 0 saturated carbocycles. The Balaban J connectivity index is 0.000000252. The summed E-state index contributed by atoms with van der Waals surface area (Å²) < 4.78 is 0. The summed E-state index contributed by atoms with van der Waals surface area (Å²) in [6.45, 7) is 3.98. The number of rotatable bonds is 1. The summed E-state index contributed by atoms with van der Waals surface area (Å²) in [6.07, 6.45) is 1.68. The number of aryl methyl sites for hydroxylation is 1. The Bertz CT molecular complexity index is 255. The molecule has 0 aliphatic heterocycles. The first-order valence-electron chi connectivity index (χ1n) is 4.30. The van der Waals surface area contributed by atoms with Crippen molar-refractivity contribution in [3.05, 3.63) is 34.9 Å². The van der Waals surface area contributed by atoms with Gasteiger partial charge in [-0.1, -0.05) is 36.7 Å². The van der Waals surface area contributed by atoms with E-state index in [1.54, 1.807) is 0 Å². The largest absolute Gasteiger partial charge is 0.198 e. The number of hydrogen-bond donors (Lipinski definition) is 0. The predicted molar refractivity (Wildman–Crippen MR) is 56.7 cm³/mol. The van der Waals surface area contributed by atoms with Gasteiger partial charge in [0.25, 0.3) is 0 Å². The summed E-state index contributed by atoms with van der Waals surface area (Å²) >= 11 is 5.71. The van der Waals surface area contributed by atoms with Crippen LogP contribution in [0.4, 0.5) is 0 Å². The van der Waals surface area contributed by atoms with Gasteiger partial charge in [-0.3, -0.25) is 0 Å². The van der Waals surface area contributed by atoms with Crippen molar-refractivity contribution in [1.29, 1.82) is 5.26 Å². The summed E-state index contributed by atoms with van der Waals surface area (Å²) in [5.74, 6) is 0. The van der Waals surface area contributed by atoms with Gasteiger partial charge < -0.3 is 0 Å². The van der Waals surface area contributed by atoms with Gasteiger partial charge in [0, 0.05) is 11.4 Å². The van der Waals surface area contributed by atoms with Gasteiger partial charge >= 0.3 is 0 Å². The van der Waals surface area contributed by atoms with E-state index in [4.69, 9.17) is 16.9 Å². The molecule has 0 saturated heterocycles. The second-order valence-electron chi connectivity index (χ2n) is 2.66. The number of benzene rings is 1. The number of hydrogen-bond acceptors (Lipinski definition) is 1. The van der Waals surface area contributed by atoms with Crippen LogP contribution in [-0.4, -0.2) is 0 Å². The number of unbranched alkanes of at least 4 members (excludes halogenated alkanes) is 1. The van der Waals surface area contributed by atoms with Crippen molar-refractivity contribution in [3.63, 3.8) is 0 Å². The summed E-state index contributed by atoms with van der Waals surface area (Å²) in [7, 11) is 0. The average molecular weight is 196 g/mol. The fourth-order valence-electron chi connectivity index (χ4n) is 0.663. The Morgan fingerprint density at radius 1 is 1.38 bits per heavy atom. The van der Waals surface area contributed by atoms with E-state index in [0.29, 0.717) is 6.42 Å². The molecule has 1 aromatic carbocycles. The van der Waals surface area contributed by atoms with Crippen molar-refractivity contribution in [2.75, 3.05) is 0 Å². The van der Waals surface area contributed by atoms with Gasteiger partial charge in [0.2, 0.25) is 0 Å². The molecular weight excluding hydrogens is 182 g/mol. The molecule has 0 radical (unpaired) electrons. The molecule has 0 spiro atoms. The number of halogens is 1. The van der Waals surface area contributed by atoms with Crippen molar-refractivity contribution in [2.24, 2.45) is 0 Å². The lowest BCUT2D eigenvalue weighted by molar-refractivity contribution is 0.969. The molecule has 2 heteroatoms. The third-order valence-corrected chi connectivity index (χ3v) is 1.86. The summed E-state index contributed by atoms with van der Waals surface area (Å²) in [6, 6.07) is 9.79. The van der Waals surface area contributed by atoms with E-state index in [0.717, 1.165) is 17.0 Å². The molecule has 13 heavy (non-hydrogen) atoms. The molecular formula is C11H14ClN. The van der Waals surface area contributed by atoms with E-state index in [9.17, 15) is 0 Å². The fourth-order valence-corrected chi connectivity index (χ4v) is 0.799. The molecule has 1 rings (SSSR count). The van der Waals surface area contributed by atoms with Crippen LogP contribution in [0.1, 0.15) is 25.3 Å². The molecule has 0 aliphatic rings. The lowest BCUT2D eigenvalue weighted by Gasteiger charge is -1.90. The van der Waals surface area contributed by atoms with Gasteiger partial charge in [0.05, 0.1) is 6.07 Å². The Morgan fingerprint density at radius 2 is 2.00 bits per heavy atom. The zero-order valence-electron chi connectivity index (χ0n) is 8.05. The molecule has 0 amide bonds. The molecule has 1 aromatic rings. The highest BCUT2D eigenvalue weighted by Gasteiger charge is 1.86. The molecule has 0 atom stereocenters. The molecule has 0 unspecified atom stereocenters. The van der Waals surface area contributed by atoms with Gasteiger partial charge in [-0.15, -0.1) is 0 Å². The second kappa shape index (κ2) is 7.64. The lowest BCUT2D eigenvalue weighted by Crippen LogP contribution is -1.68. The van der Waals surface area contributed by atoms with Crippen molar-refractivity contribution in [1.82, 2.24) is 0 Å². The van der Waals surface area contributed by atoms with Crippen LogP contribution >= 0.6 is 11.6 Å². The molecule has 1 nitrogen and oxygen atoms in total. The molecule has 0 N–H and O–H groups in total. The minimum atomic E-state index is 0.694. The number of nitriles is 1. The Labute approximate surface area is 85.0 Å². The third kappa shape index (κ3) is 6.19. The van der Waals surface area contributed by atoms with Gasteiger partial charge in [0.1, 0.15) is 0 Å². The highest BCUT2D eigenvalue weighted by Crippen LogP contribution is 2.11. The first kappa shape index (κ1) is 12.0. The topological polar surface area (TPSA) is 23.8 Å². The van der Waals surface area contributed by atoms with Crippen molar-refractivity contribution < 1.29 is 0 Å². The van der Waals surface area contributed by atoms with Crippen LogP contribution in [0.3, 0.4) is 0 Å². The SMILES string of the molecule is CCCC#N.Cc1ccccc1Cl. The maximum Gasteiger partial charge on any atom is 0.0621 e. The molecule has 0 bridgehead atoms. The van der Waals surface area contributed by atoms with Crippen LogP contribution < -0.4 is 0 Å². The van der Waals surface area contributed by atoms with Gasteiger partial charge in [0.15, 0.2) is 0 Å². The normalized spacial score (nSPS) is 8.15. The van der Waals surface area contributed by atoms with E-state index < -0.39 is 0 Å². The van der Waals surface area contributed by atoms with Gasteiger partial charge in [-0.05, 0) is 25.0 Å². The van der Waals surface area contributed by atoms with Crippen LogP contribution in [0.5, 0.6) is 0 Å². The van der Waals surface area contributed by atoms with Crippen LogP contribution in [-0.2, 0) is 0 Å². The molecule has 0 fully saturated rings. The fraction of sp³-hybridized carbons (Fsp3) is 0.364. The predicted octanol–water partition coefficient (Wildman–Crippen LogP) is 3.96. The standard InChI is InChI=1S/C7H7Cl.C4H7N/c1-6-4-2-3-5-7(6)8;1-2-3-4-5/h2-5H,1H3;2-3H2,1H3. The van der Waals surface area contributed by atoms with Crippen LogP contribution in [0.15, 0.2) is 24.3 Å². The maximum absolute atomic E-state index is 7.82. The Kier molecular flexibility index (Phi) is 7.05. The van der Waals surface area contributed by atoms with Crippen LogP contribution in [0, 0.1) is 18.3 Å². The quantitative estimate of drug-likeness (QED) is 0.666. The molecule has 0 aliphatic carbocycles. The summed E-state index contributed by atoms with van der Waals surface area (Å²) in [5, 5.41) is 8.66. The van der Waals surface area contributed by atoms with Crippen LogP contribution in [0.2, 0.25) is 5.02 Å². The van der Waals surface area contributed by atoms with E-state index in [-0.39, 0.29) is 0 Å². The molecule has 0 heterocycles. The zero-order chi connectivity index (χ0) is 10.1. The van der Waals surface area contributed by atoms with E-state index in [1.165, 1.54) is 0 Å².